The number of thiazole rings is 1. The van der Waals surface area contributed by atoms with Crippen molar-refractivity contribution in [2.45, 2.75) is 64.1 Å². The second-order valence-corrected chi connectivity index (χ2v) is 12.4. The number of fused-ring (bicyclic) bond motifs is 2. The van der Waals surface area contributed by atoms with E-state index in [-0.39, 0.29) is 48.4 Å². The summed E-state index contributed by atoms with van der Waals surface area (Å²) in [6.45, 7) is 4.18. The summed E-state index contributed by atoms with van der Waals surface area (Å²) in [5, 5.41) is 16.3. The van der Waals surface area contributed by atoms with Gasteiger partial charge in [-0.2, -0.15) is 0 Å². The number of ether oxygens (including phenoxy) is 1. The van der Waals surface area contributed by atoms with Crippen molar-refractivity contribution in [2.75, 3.05) is 32.1 Å². The number of hydrogen-bond acceptors (Lipinski definition) is 7. The molecule has 1 aromatic heterocycles. The molecule has 0 saturated heterocycles. The molecule has 4 amide bonds. The highest BCUT2D eigenvalue weighted by molar-refractivity contribution is 7.20. The third-order valence-corrected chi connectivity index (χ3v) is 9.20. The topological polar surface area (TPSA) is 124 Å². The lowest BCUT2D eigenvalue weighted by molar-refractivity contribution is 0.0367. The Bertz CT molecular complexity index is 1410. The van der Waals surface area contributed by atoms with Gasteiger partial charge < -0.3 is 30.3 Å². The number of amides is 4. The molecule has 2 aromatic carbocycles. The van der Waals surface area contributed by atoms with Gasteiger partial charge in [0.15, 0.2) is 10.8 Å². The Morgan fingerprint density at radius 1 is 1.17 bits per heavy atom. The molecule has 3 aromatic rings. The SMILES string of the molecule is C[C@@H]1CN([C@@H](C)CO)C(=O)c2cccc(NC(=O)c3nc4ccccc4s3)c2O[C@H]1CN(C)C(=O)NC1CCCCC1. The number of hydrogen-bond donors (Lipinski definition) is 3. The largest absolute Gasteiger partial charge is 0.485 e. The summed E-state index contributed by atoms with van der Waals surface area (Å²) >= 11 is 1.29. The average molecular weight is 594 g/mol. The fraction of sp³-hybridized carbons (Fsp3) is 0.484. The van der Waals surface area contributed by atoms with E-state index in [4.69, 9.17) is 4.74 Å². The molecule has 1 aliphatic heterocycles. The Morgan fingerprint density at radius 2 is 1.93 bits per heavy atom. The zero-order chi connectivity index (χ0) is 29.8. The first-order chi connectivity index (χ1) is 20.2. The maximum Gasteiger partial charge on any atom is 0.317 e. The number of aromatic nitrogens is 1. The first-order valence-electron chi connectivity index (χ1n) is 14.6. The zero-order valence-corrected chi connectivity index (χ0v) is 25.2. The van der Waals surface area contributed by atoms with Gasteiger partial charge in [-0.3, -0.25) is 9.59 Å². The van der Waals surface area contributed by atoms with Gasteiger partial charge in [0.2, 0.25) is 0 Å². The zero-order valence-electron chi connectivity index (χ0n) is 24.3. The van der Waals surface area contributed by atoms with Crippen LogP contribution in [0.5, 0.6) is 5.75 Å². The predicted molar refractivity (Wildman–Crippen MR) is 163 cm³/mol. The first-order valence-corrected chi connectivity index (χ1v) is 15.5. The second-order valence-electron chi connectivity index (χ2n) is 11.4. The first kappa shape index (κ1) is 29.8. The highest BCUT2D eigenvalue weighted by Gasteiger charge is 2.35. The lowest BCUT2D eigenvalue weighted by Gasteiger charge is -2.38. The number of rotatable bonds is 7. The number of aliphatic hydroxyl groups excluding tert-OH is 1. The normalized spacial score (nSPS) is 20.2. The van der Waals surface area contributed by atoms with E-state index in [0.29, 0.717) is 17.2 Å². The molecule has 11 heteroatoms. The van der Waals surface area contributed by atoms with Crippen molar-refractivity contribution >= 4 is 45.1 Å². The highest BCUT2D eigenvalue weighted by Crippen LogP contribution is 2.35. The van der Waals surface area contributed by atoms with E-state index in [9.17, 15) is 19.5 Å². The minimum Gasteiger partial charge on any atom is -0.485 e. The van der Waals surface area contributed by atoms with Gasteiger partial charge >= 0.3 is 6.03 Å². The highest BCUT2D eigenvalue weighted by atomic mass is 32.1. The molecule has 2 heterocycles. The van der Waals surface area contributed by atoms with E-state index < -0.39 is 18.1 Å². The molecule has 2 aliphatic rings. The van der Waals surface area contributed by atoms with E-state index in [1.54, 1.807) is 42.0 Å². The van der Waals surface area contributed by atoms with Gasteiger partial charge in [0, 0.05) is 25.6 Å². The van der Waals surface area contributed by atoms with Gasteiger partial charge in [0.1, 0.15) is 6.10 Å². The Morgan fingerprint density at radius 3 is 2.67 bits per heavy atom. The van der Waals surface area contributed by atoms with Crippen LogP contribution in [0, 0.1) is 5.92 Å². The summed E-state index contributed by atoms with van der Waals surface area (Å²) < 4.78 is 7.45. The molecule has 3 N–H and O–H groups in total. The van der Waals surface area contributed by atoms with Crippen LogP contribution in [-0.2, 0) is 0 Å². The molecule has 1 aliphatic carbocycles. The maximum absolute atomic E-state index is 13.8. The van der Waals surface area contributed by atoms with Crippen LogP contribution in [0.4, 0.5) is 10.5 Å². The van der Waals surface area contributed by atoms with Crippen molar-refractivity contribution in [1.82, 2.24) is 20.1 Å². The average Bonchev–Trinajstić information content (AvgIpc) is 3.44. The van der Waals surface area contributed by atoms with Gasteiger partial charge in [-0.1, -0.05) is 44.4 Å². The van der Waals surface area contributed by atoms with Crippen molar-refractivity contribution in [3.8, 4) is 5.75 Å². The number of urea groups is 1. The quantitative estimate of drug-likeness (QED) is 0.364. The summed E-state index contributed by atoms with van der Waals surface area (Å²) in [6.07, 6.45) is 4.91. The number of benzene rings is 2. The Hall–Kier alpha value is -3.70. The van der Waals surface area contributed by atoms with E-state index in [1.165, 1.54) is 17.8 Å². The number of nitrogens with zero attached hydrogens (tertiary/aromatic N) is 3. The summed E-state index contributed by atoms with van der Waals surface area (Å²) in [6, 6.07) is 12.2. The molecular formula is C31H39N5O5S. The summed E-state index contributed by atoms with van der Waals surface area (Å²) in [4.78, 5) is 47.9. The minimum atomic E-state index is -0.493. The van der Waals surface area contributed by atoms with Crippen LogP contribution in [-0.4, -0.2) is 82.7 Å². The molecule has 0 spiro atoms. The van der Waals surface area contributed by atoms with Gasteiger partial charge in [-0.25, -0.2) is 9.78 Å². The van der Waals surface area contributed by atoms with Crippen molar-refractivity contribution in [3.05, 3.63) is 53.0 Å². The van der Waals surface area contributed by atoms with Crippen molar-refractivity contribution in [3.63, 3.8) is 0 Å². The molecule has 224 valence electrons. The van der Waals surface area contributed by atoms with Gasteiger partial charge in [-0.05, 0) is 44.0 Å². The number of anilines is 1. The lowest BCUT2D eigenvalue weighted by Crippen LogP contribution is -2.52. The predicted octanol–water partition coefficient (Wildman–Crippen LogP) is 4.74. The minimum absolute atomic E-state index is 0.158. The lowest BCUT2D eigenvalue weighted by atomic mass is 9.96. The van der Waals surface area contributed by atoms with E-state index in [0.717, 1.165) is 35.9 Å². The third kappa shape index (κ3) is 6.52. The molecular weight excluding hydrogens is 554 g/mol. The van der Waals surface area contributed by atoms with Gasteiger partial charge in [0.05, 0.1) is 40.7 Å². The van der Waals surface area contributed by atoms with Gasteiger partial charge in [0.25, 0.3) is 11.8 Å². The van der Waals surface area contributed by atoms with Crippen LogP contribution < -0.4 is 15.4 Å². The van der Waals surface area contributed by atoms with E-state index in [2.05, 4.69) is 15.6 Å². The number of nitrogens with one attached hydrogen (secondary N) is 2. The van der Waals surface area contributed by atoms with Crippen molar-refractivity contribution in [1.29, 1.82) is 0 Å². The van der Waals surface area contributed by atoms with Crippen molar-refractivity contribution < 1.29 is 24.2 Å². The smallest absolute Gasteiger partial charge is 0.317 e. The molecule has 1 fully saturated rings. The van der Waals surface area contributed by atoms with E-state index >= 15 is 0 Å². The van der Waals surface area contributed by atoms with Crippen LogP contribution in [0.2, 0.25) is 0 Å². The Kier molecular flexibility index (Phi) is 9.27. The van der Waals surface area contributed by atoms with Crippen LogP contribution in [0.1, 0.15) is 66.1 Å². The third-order valence-electron chi connectivity index (χ3n) is 8.16. The Balaban J connectivity index is 1.43. The molecule has 0 bridgehead atoms. The molecule has 0 radical (unpaired) electrons. The van der Waals surface area contributed by atoms with Crippen LogP contribution >= 0.6 is 11.3 Å². The number of para-hydroxylation sites is 2. The number of likely N-dealkylation sites (N-methyl/N-ethyl adjacent to an activating group) is 1. The molecule has 1 saturated carbocycles. The molecule has 3 atom stereocenters. The van der Waals surface area contributed by atoms with E-state index in [1.807, 2.05) is 31.2 Å². The fourth-order valence-corrected chi connectivity index (χ4v) is 6.45. The maximum atomic E-state index is 13.8. The fourth-order valence-electron chi connectivity index (χ4n) is 5.59. The Labute approximate surface area is 250 Å². The molecule has 0 unspecified atom stereocenters. The number of carbonyl (C=O) groups excluding carboxylic acids is 3. The van der Waals surface area contributed by atoms with Crippen LogP contribution in [0.15, 0.2) is 42.5 Å². The summed E-state index contributed by atoms with van der Waals surface area (Å²) in [5.74, 6) is -0.646. The molecule has 42 heavy (non-hydrogen) atoms. The summed E-state index contributed by atoms with van der Waals surface area (Å²) in [7, 11) is 1.74. The van der Waals surface area contributed by atoms with Gasteiger partial charge in [-0.15, -0.1) is 11.3 Å². The molecule has 10 nitrogen and oxygen atoms in total. The van der Waals surface area contributed by atoms with Crippen LogP contribution in [0.3, 0.4) is 0 Å². The van der Waals surface area contributed by atoms with Crippen molar-refractivity contribution in [2.24, 2.45) is 5.92 Å². The summed E-state index contributed by atoms with van der Waals surface area (Å²) in [5.41, 5.74) is 1.36. The number of carbonyl (C=O) groups is 3. The number of aliphatic hydroxyl groups is 1. The standard InChI is InChI=1S/C31H39N5O5S/c1-19-16-36(20(2)18-37)30(39)22-12-9-14-24(33-28(38)29-34-23-13-7-8-15-26(23)42-29)27(22)41-25(19)17-35(3)31(40)32-21-10-5-4-6-11-21/h7-9,12-15,19-21,25,37H,4-6,10-11,16-18H2,1-3H3,(H,32,40)(H,33,38)/t19-,20+,25+/m1/s1. The molecule has 5 rings (SSSR count). The monoisotopic (exact) mass is 593 g/mol. The van der Waals surface area contributed by atoms with Crippen LogP contribution in [0.25, 0.3) is 10.2 Å². The second kappa shape index (κ2) is 13.1.